The van der Waals surface area contributed by atoms with E-state index in [2.05, 4.69) is 12.2 Å². The largest absolute Gasteiger partial charge is 0.496 e. The molecule has 0 bridgehead atoms. The number of carboxylic acid groups (broad SMARTS) is 1. The molecule has 130 valence electrons. The minimum absolute atomic E-state index is 0.00442. The summed E-state index contributed by atoms with van der Waals surface area (Å²) in [4.78, 5) is 23.7. The van der Waals surface area contributed by atoms with Crippen molar-refractivity contribution in [2.24, 2.45) is 5.92 Å². The van der Waals surface area contributed by atoms with Gasteiger partial charge in [0.15, 0.2) is 0 Å². The number of aliphatic carboxylic acids is 1. The number of nitrogens with zero attached hydrogens (tertiary/aromatic N) is 1. The molecule has 1 heterocycles. The molecule has 1 N–H and O–H groups in total. The van der Waals surface area contributed by atoms with Gasteiger partial charge in [0.2, 0.25) is 5.91 Å². The van der Waals surface area contributed by atoms with Crippen LogP contribution in [0.1, 0.15) is 36.0 Å². The molecular formula is C20H21NO4. The Balaban J connectivity index is 2.02. The van der Waals surface area contributed by atoms with Crippen molar-refractivity contribution in [3.8, 4) is 5.75 Å². The van der Waals surface area contributed by atoms with E-state index in [1.165, 1.54) is 6.08 Å². The van der Waals surface area contributed by atoms with E-state index in [4.69, 9.17) is 9.84 Å². The molecule has 1 aliphatic rings. The number of aromatic nitrogens is 1. The van der Waals surface area contributed by atoms with Gasteiger partial charge in [0.25, 0.3) is 0 Å². The Labute approximate surface area is 146 Å². The molecule has 1 aromatic carbocycles. The topological polar surface area (TPSA) is 68.5 Å². The van der Waals surface area contributed by atoms with Crippen LogP contribution < -0.4 is 4.74 Å². The summed E-state index contributed by atoms with van der Waals surface area (Å²) in [5, 5.41) is 9.65. The summed E-state index contributed by atoms with van der Waals surface area (Å²) in [6, 6.07) is 5.49. The van der Waals surface area contributed by atoms with Gasteiger partial charge in [-0.3, -0.25) is 9.36 Å². The number of benzene rings is 1. The van der Waals surface area contributed by atoms with Crippen molar-refractivity contribution in [1.29, 1.82) is 0 Å². The summed E-state index contributed by atoms with van der Waals surface area (Å²) in [5.41, 5.74) is 1.39. The first-order valence-corrected chi connectivity index (χ1v) is 8.39. The summed E-state index contributed by atoms with van der Waals surface area (Å²) in [6.07, 6.45) is 12.2. The van der Waals surface area contributed by atoms with Crippen LogP contribution in [-0.2, 0) is 4.79 Å². The fraction of sp³-hybridized carbons (Fsp3) is 0.300. The average Bonchev–Trinajstić information content (AvgIpc) is 3.00. The number of carbonyl (C=O) groups excluding carboxylic acids is 1. The highest BCUT2D eigenvalue weighted by Crippen LogP contribution is 2.32. The zero-order valence-corrected chi connectivity index (χ0v) is 14.1. The molecule has 25 heavy (non-hydrogen) atoms. The number of hydrogen-bond donors (Lipinski definition) is 1. The third-order valence-corrected chi connectivity index (χ3v) is 4.51. The van der Waals surface area contributed by atoms with Gasteiger partial charge in [-0.1, -0.05) is 18.2 Å². The Kier molecular flexibility index (Phi) is 5.03. The number of carbonyl (C=O) groups is 2. The van der Waals surface area contributed by atoms with Gasteiger partial charge in [0, 0.05) is 29.6 Å². The van der Waals surface area contributed by atoms with Gasteiger partial charge < -0.3 is 9.84 Å². The summed E-state index contributed by atoms with van der Waals surface area (Å²) in [6.45, 7) is 0. The van der Waals surface area contributed by atoms with Crippen molar-refractivity contribution < 1.29 is 19.4 Å². The van der Waals surface area contributed by atoms with E-state index in [1.54, 1.807) is 23.9 Å². The smallest absolute Gasteiger partial charge is 0.328 e. The summed E-state index contributed by atoms with van der Waals surface area (Å²) >= 11 is 0. The van der Waals surface area contributed by atoms with E-state index < -0.39 is 5.97 Å². The lowest BCUT2D eigenvalue weighted by molar-refractivity contribution is -0.131. The van der Waals surface area contributed by atoms with Gasteiger partial charge in [-0.25, -0.2) is 4.79 Å². The molecule has 0 spiro atoms. The lowest BCUT2D eigenvalue weighted by Crippen LogP contribution is -2.15. The Morgan fingerprint density at radius 2 is 2.24 bits per heavy atom. The molecule has 5 heteroatoms. The van der Waals surface area contributed by atoms with Crippen LogP contribution in [0.4, 0.5) is 0 Å². The van der Waals surface area contributed by atoms with Crippen molar-refractivity contribution in [3.05, 3.63) is 48.2 Å². The fourth-order valence-electron chi connectivity index (χ4n) is 3.32. The highest BCUT2D eigenvalue weighted by Gasteiger charge is 2.19. The Morgan fingerprint density at radius 3 is 2.92 bits per heavy atom. The van der Waals surface area contributed by atoms with Crippen LogP contribution in [0.5, 0.6) is 5.75 Å². The molecule has 1 aliphatic carbocycles. The predicted octanol–water partition coefficient (Wildman–Crippen LogP) is 4.13. The minimum Gasteiger partial charge on any atom is -0.496 e. The number of methoxy groups -OCH3 is 1. The SMILES string of the molecule is COc1cccc2c1c(/C=C/C(=O)O)cn2C(=O)CC1C=CCCC1. The number of rotatable bonds is 5. The lowest BCUT2D eigenvalue weighted by atomic mass is 9.93. The molecule has 0 saturated heterocycles. The van der Waals surface area contributed by atoms with E-state index in [-0.39, 0.29) is 11.8 Å². The van der Waals surface area contributed by atoms with Crippen LogP contribution in [0, 0.1) is 5.92 Å². The summed E-state index contributed by atoms with van der Waals surface area (Å²) in [7, 11) is 1.56. The molecule has 1 aromatic heterocycles. The Hall–Kier alpha value is -2.82. The van der Waals surface area contributed by atoms with Gasteiger partial charge in [0.1, 0.15) is 5.75 Å². The maximum absolute atomic E-state index is 12.8. The van der Waals surface area contributed by atoms with Gasteiger partial charge in [0.05, 0.1) is 12.6 Å². The first kappa shape index (κ1) is 17.0. The zero-order chi connectivity index (χ0) is 17.8. The molecule has 0 saturated carbocycles. The third-order valence-electron chi connectivity index (χ3n) is 4.51. The maximum Gasteiger partial charge on any atom is 0.328 e. The van der Waals surface area contributed by atoms with Crippen molar-refractivity contribution in [2.45, 2.75) is 25.7 Å². The van der Waals surface area contributed by atoms with Crippen molar-refractivity contribution in [2.75, 3.05) is 7.11 Å². The van der Waals surface area contributed by atoms with Crippen molar-refractivity contribution in [3.63, 3.8) is 0 Å². The van der Waals surface area contributed by atoms with Crippen LogP contribution in [-0.4, -0.2) is 28.7 Å². The quantitative estimate of drug-likeness (QED) is 0.657. The summed E-state index contributed by atoms with van der Waals surface area (Å²) in [5.74, 6) is -0.145. The molecule has 2 aromatic rings. The monoisotopic (exact) mass is 339 g/mol. The number of allylic oxidation sites excluding steroid dienone is 2. The Bertz CT molecular complexity index is 860. The van der Waals surface area contributed by atoms with E-state index in [0.717, 1.165) is 36.2 Å². The van der Waals surface area contributed by atoms with Crippen molar-refractivity contribution >= 4 is 28.9 Å². The highest BCUT2D eigenvalue weighted by molar-refractivity contribution is 6.02. The zero-order valence-electron chi connectivity index (χ0n) is 14.1. The first-order valence-electron chi connectivity index (χ1n) is 8.39. The lowest BCUT2D eigenvalue weighted by Gasteiger charge is -2.15. The predicted molar refractivity (Wildman–Crippen MR) is 96.9 cm³/mol. The van der Waals surface area contributed by atoms with Gasteiger partial charge in [-0.05, 0) is 43.4 Å². The standard InChI is InChI=1S/C20H21NO4/c1-25-17-9-5-8-16-20(17)15(10-11-19(23)24)13-21(16)18(22)12-14-6-3-2-4-7-14/h3,5-6,8-11,13-14H,2,4,7,12H2,1H3,(H,23,24)/b11-10+. The molecule has 0 fully saturated rings. The number of ether oxygens (including phenoxy) is 1. The normalized spacial score (nSPS) is 17.2. The van der Waals surface area contributed by atoms with Crippen LogP contribution in [0.25, 0.3) is 17.0 Å². The molecule has 3 rings (SSSR count). The number of carboxylic acids is 1. The Morgan fingerprint density at radius 1 is 1.40 bits per heavy atom. The molecule has 5 nitrogen and oxygen atoms in total. The fourth-order valence-corrected chi connectivity index (χ4v) is 3.32. The van der Waals surface area contributed by atoms with E-state index in [0.29, 0.717) is 17.7 Å². The van der Waals surface area contributed by atoms with Crippen LogP contribution in [0.2, 0.25) is 0 Å². The third kappa shape index (κ3) is 3.65. The van der Waals surface area contributed by atoms with Crippen LogP contribution >= 0.6 is 0 Å². The van der Waals surface area contributed by atoms with Gasteiger partial charge in [-0.15, -0.1) is 0 Å². The van der Waals surface area contributed by atoms with Gasteiger partial charge in [-0.2, -0.15) is 0 Å². The molecule has 0 aliphatic heterocycles. The maximum atomic E-state index is 12.8. The van der Waals surface area contributed by atoms with Crippen molar-refractivity contribution in [1.82, 2.24) is 4.57 Å². The minimum atomic E-state index is -1.03. The van der Waals surface area contributed by atoms with E-state index >= 15 is 0 Å². The van der Waals surface area contributed by atoms with Crippen LogP contribution in [0.15, 0.2) is 42.6 Å². The molecular weight excluding hydrogens is 318 g/mol. The molecule has 0 amide bonds. The molecule has 0 radical (unpaired) electrons. The van der Waals surface area contributed by atoms with Gasteiger partial charge >= 0.3 is 5.97 Å². The second-order valence-corrected chi connectivity index (χ2v) is 6.20. The summed E-state index contributed by atoms with van der Waals surface area (Å²) < 4.78 is 7.01. The first-order chi connectivity index (χ1) is 12.1. The van der Waals surface area contributed by atoms with E-state index in [1.807, 2.05) is 12.1 Å². The number of hydrogen-bond acceptors (Lipinski definition) is 3. The van der Waals surface area contributed by atoms with E-state index in [9.17, 15) is 9.59 Å². The molecule has 1 atom stereocenters. The highest BCUT2D eigenvalue weighted by atomic mass is 16.5. The number of fused-ring (bicyclic) bond motifs is 1. The average molecular weight is 339 g/mol. The second-order valence-electron chi connectivity index (χ2n) is 6.20. The van der Waals surface area contributed by atoms with Crippen LogP contribution in [0.3, 0.4) is 0 Å². The second kappa shape index (κ2) is 7.38. The molecule has 1 unspecified atom stereocenters.